The summed E-state index contributed by atoms with van der Waals surface area (Å²) < 4.78 is 2.12. The van der Waals surface area contributed by atoms with Crippen LogP contribution in [0.2, 0.25) is 0 Å². The zero-order valence-corrected chi connectivity index (χ0v) is 17.4. The summed E-state index contributed by atoms with van der Waals surface area (Å²) in [5.74, 6) is 2.22. The number of carbonyl (C=O) groups excluding carboxylic acids is 1. The molecule has 0 saturated heterocycles. The fraction of sp³-hybridized carbons (Fsp3) is 0.240. The standard InChI is InChI=1S/C25H24N4O2/c1-16-27-28-24-10-17(14-29(16)24)13-26-25(31)21-9-7-18-11-20(8-6-19(18)12-21)23-5-3-2-4-22(23)15-30/h2-9,11-12,17,30H,10,13-15H2,1H3,(H,26,31). The molecular formula is C25H24N4O2. The molecule has 0 fully saturated rings. The number of amides is 1. The van der Waals surface area contributed by atoms with Crippen LogP contribution in [-0.4, -0.2) is 32.3 Å². The average molecular weight is 412 g/mol. The molecule has 0 bridgehead atoms. The van der Waals surface area contributed by atoms with Crippen molar-refractivity contribution < 1.29 is 9.90 Å². The van der Waals surface area contributed by atoms with Crippen LogP contribution in [0.1, 0.15) is 27.6 Å². The molecule has 1 amide bonds. The van der Waals surface area contributed by atoms with Crippen molar-refractivity contribution in [1.29, 1.82) is 0 Å². The van der Waals surface area contributed by atoms with Gasteiger partial charge in [0, 0.05) is 31.0 Å². The molecule has 1 aliphatic heterocycles. The monoisotopic (exact) mass is 412 g/mol. The summed E-state index contributed by atoms with van der Waals surface area (Å²) >= 11 is 0. The van der Waals surface area contributed by atoms with Gasteiger partial charge in [-0.25, -0.2) is 0 Å². The van der Waals surface area contributed by atoms with Gasteiger partial charge >= 0.3 is 0 Å². The highest BCUT2D eigenvalue weighted by atomic mass is 16.3. The number of aliphatic hydroxyl groups is 1. The Hall–Kier alpha value is -3.51. The van der Waals surface area contributed by atoms with E-state index in [9.17, 15) is 9.90 Å². The van der Waals surface area contributed by atoms with Crippen molar-refractivity contribution in [2.75, 3.05) is 6.54 Å². The quantitative estimate of drug-likeness (QED) is 0.526. The summed E-state index contributed by atoms with van der Waals surface area (Å²) in [6.07, 6.45) is 0.844. The molecule has 1 atom stereocenters. The minimum absolute atomic E-state index is 0.00574. The number of aromatic nitrogens is 3. The lowest BCUT2D eigenvalue weighted by molar-refractivity contribution is 0.0947. The summed E-state index contributed by atoms with van der Waals surface area (Å²) in [6, 6.07) is 19.8. The highest BCUT2D eigenvalue weighted by Crippen LogP contribution is 2.28. The number of hydrogen-bond acceptors (Lipinski definition) is 4. The molecule has 3 aromatic carbocycles. The number of aliphatic hydroxyl groups excluding tert-OH is 1. The first-order chi connectivity index (χ1) is 15.1. The van der Waals surface area contributed by atoms with Gasteiger partial charge in [0.1, 0.15) is 11.6 Å². The van der Waals surface area contributed by atoms with Crippen molar-refractivity contribution in [3.05, 3.63) is 83.4 Å². The summed E-state index contributed by atoms with van der Waals surface area (Å²) in [5, 5.41) is 23.1. The van der Waals surface area contributed by atoms with E-state index in [1.165, 1.54) is 0 Å². The highest BCUT2D eigenvalue weighted by molar-refractivity contribution is 5.99. The van der Waals surface area contributed by atoms with E-state index in [-0.39, 0.29) is 12.5 Å². The largest absolute Gasteiger partial charge is 0.392 e. The fourth-order valence-corrected chi connectivity index (χ4v) is 4.36. The molecule has 1 aliphatic rings. The Bertz CT molecular complexity index is 1280. The first-order valence-corrected chi connectivity index (χ1v) is 10.5. The van der Waals surface area contributed by atoms with Gasteiger partial charge in [0.05, 0.1) is 6.61 Å². The molecule has 31 heavy (non-hydrogen) atoms. The van der Waals surface area contributed by atoms with Gasteiger partial charge in [-0.3, -0.25) is 4.79 Å². The van der Waals surface area contributed by atoms with Crippen LogP contribution in [0.4, 0.5) is 0 Å². The third-order valence-corrected chi connectivity index (χ3v) is 6.08. The average Bonchev–Trinajstić information content (AvgIpc) is 3.38. The number of carbonyl (C=O) groups is 1. The smallest absolute Gasteiger partial charge is 0.251 e. The Morgan fingerprint density at radius 1 is 1.10 bits per heavy atom. The molecule has 4 aromatic rings. The second-order valence-electron chi connectivity index (χ2n) is 8.15. The van der Waals surface area contributed by atoms with Crippen molar-refractivity contribution in [1.82, 2.24) is 20.1 Å². The third kappa shape index (κ3) is 3.70. The van der Waals surface area contributed by atoms with Crippen molar-refractivity contribution in [2.45, 2.75) is 26.5 Å². The van der Waals surface area contributed by atoms with E-state index in [4.69, 9.17) is 0 Å². The number of aryl methyl sites for hydroxylation is 1. The molecule has 2 heterocycles. The molecule has 6 heteroatoms. The number of hydrogen-bond donors (Lipinski definition) is 2. The van der Waals surface area contributed by atoms with E-state index in [0.29, 0.717) is 18.0 Å². The van der Waals surface area contributed by atoms with Crippen LogP contribution in [0, 0.1) is 12.8 Å². The zero-order chi connectivity index (χ0) is 21.4. The highest BCUT2D eigenvalue weighted by Gasteiger charge is 2.25. The van der Waals surface area contributed by atoms with Crippen LogP contribution in [0.25, 0.3) is 21.9 Å². The molecule has 0 aliphatic carbocycles. The molecule has 0 spiro atoms. The van der Waals surface area contributed by atoms with E-state index in [0.717, 1.165) is 52.1 Å². The van der Waals surface area contributed by atoms with Crippen LogP contribution < -0.4 is 5.32 Å². The predicted molar refractivity (Wildman–Crippen MR) is 120 cm³/mol. The third-order valence-electron chi connectivity index (χ3n) is 6.08. The van der Waals surface area contributed by atoms with Gasteiger partial charge in [0.15, 0.2) is 0 Å². The van der Waals surface area contributed by atoms with Crippen molar-refractivity contribution in [2.24, 2.45) is 5.92 Å². The Labute approximate surface area is 180 Å². The lowest BCUT2D eigenvalue weighted by Gasteiger charge is -2.12. The molecule has 156 valence electrons. The summed E-state index contributed by atoms with van der Waals surface area (Å²) in [7, 11) is 0. The minimum Gasteiger partial charge on any atom is -0.392 e. The topological polar surface area (TPSA) is 80.0 Å². The number of fused-ring (bicyclic) bond motifs is 2. The van der Waals surface area contributed by atoms with Gasteiger partial charge in [-0.15, -0.1) is 10.2 Å². The van der Waals surface area contributed by atoms with Crippen LogP contribution in [0.3, 0.4) is 0 Å². The van der Waals surface area contributed by atoms with Crippen LogP contribution in [-0.2, 0) is 19.6 Å². The van der Waals surface area contributed by atoms with Crippen molar-refractivity contribution in [3.63, 3.8) is 0 Å². The van der Waals surface area contributed by atoms with E-state index in [2.05, 4.69) is 26.1 Å². The van der Waals surface area contributed by atoms with E-state index >= 15 is 0 Å². The van der Waals surface area contributed by atoms with Gasteiger partial charge < -0.3 is 15.0 Å². The number of nitrogens with zero attached hydrogens (tertiary/aromatic N) is 3. The molecule has 6 nitrogen and oxygen atoms in total. The van der Waals surface area contributed by atoms with E-state index < -0.39 is 0 Å². The zero-order valence-electron chi connectivity index (χ0n) is 17.4. The van der Waals surface area contributed by atoms with Gasteiger partial charge in [0.2, 0.25) is 0 Å². The van der Waals surface area contributed by atoms with E-state index in [1.807, 2.05) is 61.5 Å². The molecule has 1 unspecified atom stereocenters. The van der Waals surface area contributed by atoms with Crippen LogP contribution >= 0.6 is 0 Å². The second-order valence-corrected chi connectivity index (χ2v) is 8.15. The lowest BCUT2D eigenvalue weighted by Crippen LogP contribution is -2.30. The second kappa shape index (κ2) is 7.96. The summed E-state index contributed by atoms with van der Waals surface area (Å²) in [4.78, 5) is 12.7. The normalized spacial score (nSPS) is 15.2. The fourth-order valence-electron chi connectivity index (χ4n) is 4.36. The maximum absolute atomic E-state index is 12.7. The number of nitrogens with one attached hydrogen (secondary N) is 1. The molecule has 0 saturated carbocycles. The van der Waals surface area contributed by atoms with Gasteiger partial charge in [-0.2, -0.15) is 0 Å². The maximum atomic E-state index is 12.7. The number of benzene rings is 3. The van der Waals surface area contributed by atoms with Crippen LogP contribution in [0.15, 0.2) is 60.7 Å². The molecule has 5 rings (SSSR count). The summed E-state index contributed by atoms with van der Waals surface area (Å²) in [5.41, 5.74) is 3.64. The predicted octanol–water partition coefficient (Wildman–Crippen LogP) is 3.50. The first-order valence-electron chi connectivity index (χ1n) is 10.5. The lowest BCUT2D eigenvalue weighted by atomic mass is 9.96. The Kier molecular flexibility index (Phi) is 5.00. The Morgan fingerprint density at radius 2 is 1.90 bits per heavy atom. The molecule has 0 radical (unpaired) electrons. The molecule has 2 N–H and O–H groups in total. The minimum atomic E-state index is -0.0593. The van der Waals surface area contributed by atoms with Gasteiger partial charge in [-0.05, 0) is 52.6 Å². The van der Waals surface area contributed by atoms with Crippen molar-refractivity contribution in [3.8, 4) is 11.1 Å². The first kappa shape index (κ1) is 19.5. The summed E-state index contributed by atoms with van der Waals surface area (Å²) in [6.45, 7) is 3.44. The van der Waals surface area contributed by atoms with Gasteiger partial charge in [0.25, 0.3) is 5.91 Å². The molecule has 1 aromatic heterocycles. The van der Waals surface area contributed by atoms with Crippen molar-refractivity contribution >= 4 is 16.7 Å². The van der Waals surface area contributed by atoms with E-state index in [1.54, 1.807) is 0 Å². The molecular weight excluding hydrogens is 388 g/mol. The van der Waals surface area contributed by atoms with Crippen LogP contribution in [0.5, 0.6) is 0 Å². The number of rotatable bonds is 5. The SMILES string of the molecule is Cc1nnc2n1CC(CNC(=O)c1ccc3cc(-c4ccccc4CO)ccc3c1)C2. The Balaban J connectivity index is 1.30. The Morgan fingerprint density at radius 3 is 2.74 bits per heavy atom. The van der Waals surface area contributed by atoms with Gasteiger partial charge in [-0.1, -0.05) is 42.5 Å². The maximum Gasteiger partial charge on any atom is 0.251 e.